The molecule has 1 amide bonds. The van der Waals surface area contributed by atoms with Crippen LogP contribution in [0.15, 0.2) is 42.6 Å². The lowest BCUT2D eigenvalue weighted by Gasteiger charge is -2.19. The molecule has 0 aliphatic carbocycles. The third-order valence-corrected chi connectivity index (χ3v) is 4.74. The lowest BCUT2D eigenvalue weighted by Crippen LogP contribution is -2.23. The van der Waals surface area contributed by atoms with Crippen LogP contribution in [-0.4, -0.2) is 15.7 Å². The second-order valence-electron chi connectivity index (χ2n) is 7.59. The van der Waals surface area contributed by atoms with E-state index in [2.05, 4.69) is 49.4 Å². The zero-order valence-corrected chi connectivity index (χ0v) is 15.6. The monoisotopic (exact) mass is 335 g/mol. The number of benzene rings is 2. The maximum Gasteiger partial charge on any atom is 0.251 e. The summed E-state index contributed by atoms with van der Waals surface area (Å²) in [7, 11) is 1.90. The molecule has 4 nitrogen and oxygen atoms in total. The first-order valence-electron chi connectivity index (χ1n) is 8.55. The molecule has 3 aromatic rings. The summed E-state index contributed by atoms with van der Waals surface area (Å²) in [6.45, 7) is 9.10. The Morgan fingerprint density at radius 1 is 1.12 bits per heavy atom. The largest absolute Gasteiger partial charge is 0.348 e. The quantitative estimate of drug-likeness (QED) is 0.783. The summed E-state index contributed by atoms with van der Waals surface area (Å²) in [5.41, 5.74) is 4.19. The van der Waals surface area contributed by atoms with E-state index in [1.807, 2.05) is 36.9 Å². The van der Waals surface area contributed by atoms with Gasteiger partial charge in [-0.15, -0.1) is 0 Å². The van der Waals surface area contributed by atoms with E-state index in [9.17, 15) is 4.79 Å². The highest BCUT2D eigenvalue weighted by Gasteiger charge is 2.14. The number of amides is 1. The van der Waals surface area contributed by atoms with Gasteiger partial charge in [-0.25, -0.2) is 0 Å². The van der Waals surface area contributed by atoms with Crippen molar-refractivity contribution in [2.24, 2.45) is 7.05 Å². The molecule has 3 rings (SSSR count). The van der Waals surface area contributed by atoms with E-state index in [0.29, 0.717) is 12.1 Å². The standard InChI is InChI=1S/C21H25N3O/c1-14-18(13-23-24(14)5)12-22-20(25)17-7-6-16-11-19(21(2,3)4)9-8-15(16)10-17/h6-11,13H,12H2,1-5H3,(H,22,25). The third kappa shape index (κ3) is 3.58. The topological polar surface area (TPSA) is 46.9 Å². The Hall–Kier alpha value is -2.62. The van der Waals surface area contributed by atoms with Crippen LogP contribution in [0.3, 0.4) is 0 Å². The number of carbonyl (C=O) groups excluding carboxylic acids is 1. The van der Waals surface area contributed by atoms with Gasteiger partial charge >= 0.3 is 0 Å². The highest BCUT2D eigenvalue weighted by molar-refractivity contribution is 5.98. The molecule has 1 heterocycles. The summed E-state index contributed by atoms with van der Waals surface area (Å²) in [5.74, 6) is -0.0648. The molecule has 0 bridgehead atoms. The summed E-state index contributed by atoms with van der Waals surface area (Å²) in [5, 5.41) is 9.42. The average molecular weight is 335 g/mol. The molecule has 0 atom stereocenters. The highest BCUT2D eigenvalue weighted by Crippen LogP contribution is 2.26. The Bertz CT molecular complexity index is 932. The van der Waals surface area contributed by atoms with Crippen molar-refractivity contribution in [2.45, 2.75) is 39.7 Å². The molecule has 2 aromatic carbocycles. The zero-order valence-electron chi connectivity index (χ0n) is 15.6. The Morgan fingerprint density at radius 2 is 1.80 bits per heavy atom. The van der Waals surface area contributed by atoms with Crippen molar-refractivity contribution in [1.29, 1.82) is 0 Å². The molecule has 0 fully saturated rings. The molecule has 0 aliphatic heterocycles. The Labute approximate surface area is 148 Å². The van der Waals surface area contributed by atoms with Crippen molar-refractivity contribution in [1.82, 2.24) is 15.1 Å². The van der Waals surface area contributed by atoms with E-state index < -0.39 is 0 Å². The van der Waals surface area contributed by atoms with Gasteiger partial charge in [0.15, 0.2) is 0 Å². The van der Waals surface area contributed by atoms with Crippen LogP contribution >= 0.6 is 0 Å². The number of aryl methyl sites for hydroxylation is 1. The summed E-state index contributed by atoms with van der Waals surface area (Å²) < 4.78 is 1.81. The van der Waals surface area contributed by atoms with E-state index in [1.54, 1.807) is 6.20 Å². The van der Waals surface area contributed by atoms with Gasteiger partial charge in [-0.2, -0.15) is 5.10 Å². The molecule has 4 heteroatoms. The normalized spacial score (nSPS) is 11.7. The molecular weight excluding hydrogens is 310 g/mol. The number of hydrogen-bond acceptors (Lipinski definition) is 2. The van der Waals surface area contributed by atoms with Crippen molar-refractivity contribution in [3.05, 3.63) is 65.0 Å². The zero-order chi connectivity index (χ0) is 18.2. The smallest absolute Gasteiger partial charge is 0.251 e. The van der Waals surface area contributed by atoms with Gasteiger partial charge in [-0.1, -0.05) is 45.0 Å². The lowest BCUT2D eigenvalue weighted by molar-refractivity contribution is 0.0951. The number of hydrogen-bond donors (Lipinski definition) is 1. The minimum Gasteiger partial charge on any atom is -0.348 e. The van der Waals surface area contributed by atoms with Crippen LogP contribution < -0.4 is 5.32 Å². The van der Waals surface area contributed by atoms with Crippen LogP contribution in [0.4, 0.5) is 0 Å². The number of rotatable bonds is 3. The summed E-state index contributed by atoms with van der Waals surface area (Å²) >= 11 is 0. The van der Waals surface area contributed by atoms with Crippen LogP contribution in [0.5, 0.6) is 0 Å². The molecule has 0 spiro atoms. The molecule has 1 N–H and O–H groups in total. The van der Waals surface area contributed by atoms with E-state index in [1.165, 1.54) is 5.56 Å². The van der Waals surface area contributed by atoms with Gasteiger partial charge in [0.05, 0.1) is 6.20 Å². The predicted molar refractivity (Wildman–Crippen MR) is 102 cm³/mol. The number of nitrogens with one attached hydrogen (secondary N) is 1. The summed E-state index contributed by atoms with van der Waals surface area (Å²) in [6, 6.07) is 12.3. The van der Waals surface area contributed by atoms with Gasteiger partial charge in [0.2, 0.25) is 0 Å². The first-order chi connectivity index (χ1) is 11.8. The van der Waals surface area contributed by atoms with Crippen molar-refractivity contribution in [3.8, 4) is 0 Å². The van der Waals surface area contributed by atoms with Gasteiger partial charge in [-0.3, -0.25) is 9.48 Å². The van der Waals surface area contributed by atoms with Crippen molar-refractivity contribution in [2.75, 3.05) is 0 Å². The molecular formula is C21H25N3O. The highest BCUT2D eigenvalue weighted by atomic mass is 16.1. The Kier molecular flexibility index (Phi) is 4.38. The van der Waals surface area contributed by atoms with Crippen LogP contribution in [0.25, 0.3) is 10.8 Å². The van der Waals surface area contributed by atoms with Crippen molar-refractivity contribution < 1.29 is 4.79 Å². The van der Waals surface area contributed by atoms with E-state index in [4.69, 9.17) is 0 Å². The fraction of sp³-hybridized carbons (Fsp3) is 0.333. The molecule has 0 saturated heterocycles. The minimum absolute atomic E-state index is 0.0648. The molecule has 0 aliphatic rings. The lowest BCUT2D eigenvalue weighted by atomic mass is 9.86. The predicted octanol–water partition coefficient (Wildman–Crippen LogP) is 4.11. The fourth-order valence-electron chi connectivity index (χ4n) is 2.85. The third-order valence-electron chi connectivity index (χ3n) is 4.74. The second kappa shape index (κ2) is 6.36. The summed E-state index contributed by atoms with van der Waals surface area (Å²) in [4.78, 5) is 12.5. The van der Waals surface area contributed by atoms with E-state index in [-0.39, 0.29) is 11.3 Å². The van der Waals surface area contributed by atoms with Crippen LogP contribution in [0.2, 0.25) is 0 Å². The van der Waals surface area contributed by atoms with Gasteiger partial charge in [0.25, 0.3) is 5.91 Å². The minimum atomic E-state index is -0.0648. The molecule has 0 saturated carbocycles. The Balaban J connectivity index is 1.79. The molecule has 25 heavy (non-hydrogen) atoms. The first kappa shape index (κ1) is 17.2. The van der Waals surface area contributed by atoms with Crippen LogP contribution in [-0.2, 0) is 19.0 Å². The van der Waals surface area contributed by atoms with Crippen LogP contribution in [0.1, 0.15) is 48.0 Å². The van der Waals surface area contributed by atoms with Gasteiger partial charge in [0.1, 0.15) is 0 Å². The number of aromatic nitrogens is 2. The molecule has 0 radical (unpaired) electrons. The SMILES string of the molecule is Cc1c(CNC(=O)c2ccc3cc(C(C)(C)C)ccc3c2)cnn1C. The molecule has 0 unspecified atom stereocenters. The van der Waals surface area contributed by atoms with Gasteiger partial charge in [-0.05, 0) is 40.8 Å². The molecule has 1 aromatic heterocycles. The first-order valence-corrected chi connectivity index (χ1v) is 8.55. The van der Waals surface area contributed by atoms with Crippen molar-refractivity contribution >= 4 is 16.7 Å². The maximum atomic E-state index is 12.5. The number of nitrogens with zero attached hydrogens (tertiary/aromatic N) is 2. The summed E-state index contributed by atoms with van der Waals surface area (Å²) in [6.07, 6.45) is 1.80. The number of carbonyl (C=O) groups is 1. The molecule has 130 valence electrons. The number of fused-ring (bicyclic) bond motifs is 1. The Morgan fingerprint density at radius 3 is 2.44 bits per heavy atom. The average Bonchev–Trinajstić information content (AvgIpc) is 2.89. The van der Waals surface area contributed by atoms with Gasteiger partial charge < -0.3 is 5.32 Å². The fourth-order valence-corrected chi connectivity index (χ4v) is 2.85. The second-order valence-corrected chi connectivity index (χ2v) is 7.59. The maximum absolute atomic E-state index is 12.5. The van der Waals surface area contributed by atoms with E-state index in [0.717, 1.165) is 22.0 Å². The van der Waals surface area contributed by atoms with Gasteiger partial charge in [0, 0.05) is 30.4 Å². The van der Waals surface area contributed by atoms with E-state index >= 15 is 0 Å². The van der Waals surface area contributed by atoms with Crippen LogP contribution in [0, 0.1) is 6.92 Å². The van der Waals surface area contributed by atoms with Crippen molar-refractivity contribution in [3.63, 3.8) is 0 Å².